The predicted molar refractivity (Wildman–Crippen MR) is 119 cm³/mol. The number of aromatic nitrogens is 1. The SMILES string of the molecule is Cc1cc(NS(=O)(=O)c2cccs2)c(Nc2ccc(I)cc2Cl)n(C)c1=O. The molecule has 3 rings (SSSR count). The fraction of sp³-hybridized carbons (Fsp3) is 0.118. The highest BCUT2D eigenvalue weighted by Crippen LogP contribution is 2.31. The molecule has 0 radical (unpaired) electrons. The maximum atomic E-state index is 12.6. The molecule has 0 saturated carbocycles. The van der Waals surface area contributed by atoms with Crippen molar-refractivity contribution in [2.45, 2.75) is 11.1 Å². The number of pyridine rings is 1. The zero-order valence-electron chi connectivity index (χ0n) is 14.3. The number of rotatable bonds is 5. The van der Waals surface area contributed by atoms with Crippen LogP contribution in [-0.2, 0) is 17.1 Å². The molecule has 0 unspecified atom stereocenters. The normalized spacial score (nSPS) is 11.4. The zero-order valence-corrected chi connectivity index (χ0v) is 18.8. The number of sulfonamides is 1. The summed E-state index contributed by atoms with van der Waals surface area (Å²) in [6, 6.07) is 10.1. The van der Waals surface area contributed by atoms with Gasteiger partial charge in [0, 0.05) is 16.2 Å². The van der Waals surface area contributed by atoms with Crippen molar-refractivity contribution in [3.05, 3.63) is 66.3 Å². The van der Waals surface area contributed by atoms with Gasteiger partial charge in [0.25, 0.3) is 15.6 Å². The van der Waals surface area contributed by atoms with Crippen LogP contribution in [0.5, 0.6) is 0 Å². The molecular weight excluding hydrogens is 521 g/mol. The summed E-state index contributed by atoms with van der Waals surface area (Å²) in [7, 11) is -2.20. The smallest absolute Gasteiger partial charge is 0.271 e. The van der Waals surface area contributed by atoms with E-state index in [9.17, 15) is 13.2 Å². The van der Waals surface area contributed by atoms with Gasteiger partial charge in [-0.25, -0.2) is 8.42 Å². The van der Waals surface area contributed by atoms with Gasteiger partial charge >= 0.3 is 0 Å². The molecule has 2 heterocycles. The minimum Gasteiger partial charge on any atom is -0.339 e. The molecule has 0 bridgehead atoms. The first-order chi connectivity index (χ1) is 12.7. The van der Waals surface area contributed by atoms with Gasteiger partial charge in [0.15, 0.2) is 0 Å². The number of hydrogen-bond donors (Lipinski definition) is 2. The van der Waals surface area contributed by atoms with Crippen molar-refractivity contribution in [3.63, 3.8) is 0 Å². The van der Waals surface area contributed by atoms with E-state index in [1.165, 1.54) is 16.7 Å². The molecule has 0 atom stereocenters. The highest BCUT2D eigenvalue weighted by atomic mass is 127. The number of anilines is 3. The van der Waals surface area contributed by atoms with Crippen LogP contribution in [0.3, 0.4) is 0 Å². The van der Waals surface area contributed by atoms with Crippen LogP contribution in [0.15, 0.2) is 50.8 Å². The molecule has 6 nitrogen and oxygen atoms in total. The van der Waals surface area contributed by atoms with Gasteiger partial charge in [-0.05, 0) is 65.2 Å². The first-order valence-electron chi connectivity index (χ1n) is 7.68. The largest absolute Gasteiger partial charge is 0.339 e. The Morgan fingerprint density at radius 1 is 1.19 bits per heavy atom. The Labute approximate surface area is 179 Å². The van der Waals surface area contributed by atoms with Crippen molar-refractivity contribution in [2.75, 3.05) is 10.0 Å². The Bertz CT molecular complexity index is 1160. The number of halogens is 2. The lowest BCUT2D eigenvalue weighted by atomic mass is 10.2. The summed E-state index contributed by atoms with van der Waals surface area (Å²) in [6.07, 6.45) is 0. The van der Waals surface area contributed by atoms with Crippen LogP contribution < -0.4 is 15.6 Å². The van der Waals surface area contributed by atoms with Crippen LogP contribution in [0.1, 0.15) is 5.56 Å². The van der Waals surface area contributed by atoms with Crippen molar-refractivity contribution in [3.8, 4) is 0 Å². The lowest BCUT2D eigenvalue weighted by Crippen LogP contribution is -2.24. The molecule has 10 heteroatoms. The number of aryl methyl sites for hydroxylation is 1. The molecule has 27 heavy (non-hydrogen) atoms. The Balaban J connectivity index is 2.10. The number of nitrogens with zero attached hydrogens (tertiary/aromatic N) is 1. The summed E-state index contributed by atoms with van der Waals surface area (Å²) < 4.78 is 30.4. The summed E-state index contributed by atoms with van der Waals surface area (Å²) in [4.78, 5) is 12.4. The first kappa shape index (κ1) is 20.2. The average Bonchev–Trinajstić information content (AvgIpc) is 3.13. The third-order valence-electron chi connectivity index (χ3n) is 3.78. The van der Waals surface area contributed by atoms with Gasteiger partial charge in [0.05, 0.1) is 16.4 Å². The van der Waals surface area contributed by atoms with Crippen molar-refractivity contribution in [1.82, 2.24) is 4.57 Å². The number of thiophene rings is 1. The summed E-state index contributed by atoms with van der Waals surface area (Å²) in [5.41, 5.74) is 1.00. The third-order valence-corrected chi connectivity index (χ3v) is 7.53. The molecule has 0 aliphatic heterocycles. The van der Waals surface area contributed by atoms with Gasteiger partial charge in [-0.15, -0.1) is 11.3 Å². The summed E-state index contributed by atoms with van der Waals surface area (Å²) in [5, 5.41) is 5.22. The van der Waals surface area contributed by atoms with E-state index in [1.54, 1.807) is 37.6 Å². The topological polar surface area (TPSA) is 80.2 Å². The van der Waals surface area contributed by atoms with Crippen molar-refractivity contribution < 1.29 is 8.42 Å². The highest BCUT2D eigenvalue weighted by Gasteiger charge is 2.20. The second-order valence-electron chi connectivity index (χ2n) is 5.74. The molecule has 3 aromatic rings. The second kappa shape index (κ2) is 7.82. The second-order valence-corrected chi connectivity index (χ2v) is 10.3. The van der Waals surface area contributed by atoms with E-state index < -0.39 is 10.0 Å². The van der Waals surface area contributed by atoms with E-state index >= 15 is 0 Å². The molecule has 0 saturated heterocycles. The van der Waals surface area contributed by atoms with Crippen LogP contribution in [0.2, 0.25) is 5.02 Å². The maximum absolute atomic E-state index is 12.6. The van der Waals surface area contributed by atoms with Gasteiger partial charge in [-0.2, -0.15) is 0 Å². The van der Waals surface area contributed by atoms with Crippen LogP contribution in [0.4, 0.5) is 17.2 Å². The fourth-order valence-corrected chi connectivity index (χ4v) is 5.41. The molecule has 1 aromatic carbocycles. The van der Waals surface area contributed by atoms with Gasteiger partial charge < -0.3 is 5.32 Å². The Hall–Kier alpha value is -1.56. The number of benzene rings is 1. The molecule has 142 valence electrons. The Morgan fingerprint density at radius 2 is 1.93 bits per heavy atom. The average molecular weight is 536 g/mol. The van der Waals surface area contributed by atoms with Crippen LogP contribution in [-0.4, -0.2) is 13.0 Å². The minimum absolute atomic E-state index is 0.187. The summed E-state index contributed by atoms with van der Waals surface area (Å²) in [5.74, 6) is 0.300. The van der Waals surface area contributed by atoms with E-state index in [0.29, 0.717) is 22.1 Å². The van der Waals surface area contributed by atoms with E-state index in [0.717, 1.165) is 14.9 Å². The standard InChI is InChI=1S/C17H15ClIN3O3S2/c1-10-8-14(21-27(24,25)15-4-3-7-26-15)16(22(2)17(10)23)20-13-6-5-11(19)9-12(13)18/h3-9,20-21H,1-2H3. The van der Waals surface area contributed by atoms with Crippen molar-refractivity contribution in [1.29, 1.82) is 0 Å². The molecule has 0 aliphatic rings. The van der Waals surface area contributed by atoms with Crippen LogP contribution in [0.25, 0.3) is 0 Å². The fourth-order valence-electron chi connectivity index (χ4n) is 2.45. The molecule has 0 fully saturated rings. The molecule has 2 N–H and O–H groups in total. The first-order valence-corrected chi connectivity index (χ1v) is 11.5. The van der Waals surface area contributed by atoms with Gasteiger partial charge in [0.2, 0.25) is 0 Å². The number of hydrogen-bond acceptors (Lipinski definition) is 5. The molecular formula is C17H15ClIN3O3S2. The molecule has 0 aliphatic carbocycles. The predicted octanol–water partition coefficient (Wildman–Crippen LogP) is 4.56. The molecule has 0 amide bonds. The lowest BCUT2D eigenvalue weighted by Gasteiger charge is -2.18. The van der Waals surface area contributed by atoms with Crippen molar-refractivity contribution >= 4 is 72.7 Å². The van der Waals surface area contributed by atoms with Crippen LogP contribution in [0, 0.1) is 10.5 Å². The van der Waals surface area contributed by atoms with Crippen LogP contribution >= 0.6 is 45.5 Å². The summed E-state index contributed by atoms with van der Waals surface area (Å²) >= 11 is 9.53. The molecule has 2 aromatic heterocycles. The van der Waals surface area contributed by atoms with E-state index in [4.69, 9.17) is 11.6 Å². The zero-order chi connectivity index (χ0) is 19.8. The number of nitrogens with one attached hydrogen (secondary N) is 2. The molecule has 0 spiro atoms. The monoisotopic (exact) mass is 535 g/mol. The third kappa shape index (κ3) is 4.31. The minimum atomic E-state index is -3.77. The van der Waals surface area contributed by atoms with E-state index in [-0.39, 0.29) is 15.5 Å². The quantitative estimate of drug-likeness (QED) is 0.470. The summed E-state index contributed by atoms with van der Waals surface area (Å²) in [6.45, 7) is 1.63. The van der Waals surface area contributed by atoms with Crippen molar-refractivity contribution in [2.24, 2.45) is 7.05 Å². The lowest BCUT2D eigenvalue weighted by molar-refractivity contribution is 0.603. The highest BCUT2D eigenvalue weighted by molar-refractivity contribution is 14.1. The Morgan fingerprint density at radius 3 is 2.56 bits per heavy atom. The van der Waals surface area contributed by atoms with E-state index in [1.807, 2.05) is 6.07 Å². The van der Waals surface area contributed by atoms with Gasteiger partial charge in [-0.1, -0.05) is 17.7 Å². The van der Waals surface area contributed by atoms with Gasteiger partial charge in [0.1, 0.15) is 10.0 Å². The van der Waals surface area contributed by atoms with E-state index in [2.05, 4.69) is 32.6 Å². The van der Waals surface area contributed by atoms with Gasteiger partial charge in [-0.3, -0.25) is 14.1 Å². The maximum Gasteiger partial charge on any atom is 0.271 e. The Kier molecular flexibility index (Phi) is 5.84.